The molecular weight excluding hydrogens is 387 g/mol. The highest BCUT2D eigenvalue weighted by Crippen LogP contribution is 2.60. The summed E-state index contributed by atoms with van der Waals surface area (Å²) in [5.74, 6) is 1.01. The molecule has 0 aliphatic carbocycles. The lowest BCUT2D eigenvalue weighted by Crippen LogP contribution is -2.25. The van der Waals surface area contributed by atoms with Crippen molar-refractivity contribution in [2.45, 2.75) is 33.6 Å². The van der Waals surface area contributed by atoms with E-state index in [-0.39, 0.29) is 0 Å². The van der Waals surface area contributed by atoms with Gasteiger partial charge in [0.2, 0.25) is 0 Å². The Hall–Kier alpha value is -2.59. The quantitative estimate of drug-likeness (QED) is 0.292. The molecule has 4 aromatic carbocycles. The van der Waals surface area contributed by atoms with Crippen LogP contribution < -0.4 is 0 Å². The van der Waals surface area contributed by atoms with E-state index in [2.05, 4.69) is 128 Å². The molecular formula is C30H29Al. The summed E-state index contributed by atoms with van der Waals surface area (Å²) >= 11 is -1.20. The summed E-state index contributed by atoms with van der Waals surface area (Å²) in [5, 5.41) is 1.31. The molecule has 1 heteroatoms. The van der Waals surface area contributed by atoms with Crippen molar-refractivity contribution in [3.8, 4) is 0 Å². The molecule has 31 heavy (non-hydrogen) atoms. The maximum atomic E-state index is 2.44. The van der Waals surface area contributed by atoms with Crippen LogP contribution in [0.15, 0.2) is 121 Å². The minimum absolute atomic E-state index is 0.507. The van der Waals surface area contributed by atoms with Gasteiger partial charge in [-0.05, 0) is 23.0 Å². The van der Waals surface area contributed by atoms with Crippen LogP contribution in [0.4, 0.5) is 0 Å². The van der Waals surface area contributed by atoms with Crippen molar-refractivity contribution in [3.05, 3.63) is 144 Å². The second-order valence-electron chi connectivity index (χ2n) is 8.82. The lowest BCUT2D eigenvalue weighted by molar-refractivity contribution is 0.553. The summed E-state index contributed by atoms with van der Waals surface area (Å²) in [6.07, 6.45) is 0. The van der Waals surface area contributed by atoms with E-state index in [1.165, 1.54) is 27.5 Å². The molecule has 1 fully saturated rings. The van der Waals surface area contributed by atoms with Crippen molar-refractivity contribution in [2.24, 2.45) is 0 Å². The molecule has 0 spiro atoms. The molecule has 1 saturated heterocycles. The zero-order valence-corrected chi connectivity index (χ0v) is 19.3. The molecule has 4 atom stereocenters. The van der Waals surface area contributed by atoms with Crippen molar-refractivity contribution in [3.63, 3.8) is 0 Å². The Morgan fingerprint density at radius 1 is 0.452 bits per heavy atom. The van der Waals surface area contributed by atoms with Gasteiger partial charge in [-0.3, -0.25) is 0 Å². The Kier molecular flexibility index (Phi) is 6.08. The van der Waals surface area contributed by atoms with Gasteiger partial charge in [0.15, 0.2) is 0 Å². The Labute approximate surface area is 191 Å². The topological polar surface area (TPSA) is 0 Å². The Balaban J connectivity index is 1.76. The zero-order chi connectivity index (χ0) is 21.0. The average molecular weight is 417 g/mol. The van der Waals surface area contributed by atoms with Crippen LogP contribution in [0.25, 0.3) is 0 Å². The number of rotatable bonds is 5. The van der Waals surface area contributed by atoms with E-state index in [0.717, 1.165) is 0 Å². The van der Waals surface area contributed by atoms with Crippen LogP contribution in [0.5, 0.6) is 0 Å². The average Bonchev–Trinajstić information content (AvgIpc) is 3.21. The van der Waals surface area contributed by atoms with Gasteiger partial charge in [-0.25, -0.2) is 0 Å². The van der Waals surface area contributed by atoms with Crippen molar-refractivity contribution >= 4 is 14.1 Å². The first-order valence-corrected chi connectivity index (χ1v) is 13.7. The van der Waals surface area contributed by atoms with E-state index in [1.807, 2.05) is 0 Å². The third kappa shape index (κ3) is 3.90. The molecule has 0 nitrogen and oxygen atoms in total. The molecule has 1 heterocycles. The molecule has 4 unspecified atom stereocenters. The second-order valence-corrected chi connectivity index (χ2v) is 12.4. The minimum Gasteiger partial charge on any atom is -0.0959 e. The summed E-state index contributed by atoms with van der Waals surface area (Å²) in [5.41, 5.74) is 6.06. The maximum Gasteiger partial charge on any atom is 0.282 e. The first-order chi connectivity index (χ1) is 15.4. The third-order valence-electron chi connectivity index (χ3n) is 7.29. The first-order valence-electron chi connectivity index (χ1n) is 11.6. The number of hydrogen-bond acceptors (Lipinski definition) is 0. The Bertz CT molecular complexity index is 987. The van der Waals surface area contributed by atoms with E-state index in [0.29, 0.717) is 21.4 Å². The van der Waals surface area contributed by atoms with Gasteiger partial charge >= 0.3 is 0 Å². The van der Waals surface area contributed by atoms with Crippen LogP contribution in [0.1, 0.15) is 50.6 Å². The maximum absolute atomic E-state index is 2.44. The van der Waals surface area contributed by atoms with Crippen LogP contribution in [0, 0.1) is 0 Å². The molecule has 0 N–H and O–H groups in total. The van der Waals surface area contributed by atoms with Crippen molar-refractivity contribution in [1.82, 2.24) is 0 Å². The summed E-state index contributed by atoms with van der Waals surface area (Å²) < 4.78 is 1.26. The molecule has 1 aliphatic heterocycles. The molecule has 4 aromatic rings. The highest BCUT2D eigenvalue weighted by Gasteiger charge is 2.54. The normalized spacial score (nSPS) is 23.1. The lowest BCUT2D eigenvalue weighted by atomic mass is 9.75. The van der Waals surface area contributed by atoms with Gasteiger partial charge in [0.25, 0.3) is 14.1 Å². The molecule has 152 valence electrons. The smallest absolute Gasteiger partial charge is 0.0959 e. The predicted molar refractivity (Wildman–Crippen MR) is 133 cm³/mol. The monoisotopic (exact) mass is 416 g/mol. The van der Waals surface area contributed by atoms with Gasteiger partial charge in [-0.1, -0.05) is 154 Å². The molecule has 1 aliphatic rings. The Morgan fingerprint density at radius 3 is 1.03 bits per heavy atom. The SMILES string of the molecule is C[CH2][Al]1[CH](c2ccccc2)C(c2ccccc2)C(c2ccccc2)[CH]1c1ccccc1. The highest BCUT2D eigenvalue weighted by atomic mass is 27.2. The summed E-state index contributed by atoms with van der Waals surface area (Å²) in [4.78, 5) is 0. The van der Waals surface area contributed by atoms with E-state index in [4.69, 9.17) is 0 Å². The second kappa shape index (κ2) is 9.27. The lowest BCUT2D eigenvalue weighted by Gasteiger charge is -2.30. The van der Waals surface area contributed by atoms with Crippen LogP contribution >= 0.6 is 0 Å². The predicted octanol–water partition coefficient (Wildman–Crippen LogP) is 7.73. The van der Waals surface area contributed by atoms with Gasteiger partial charge in [0.1, 0.15) is 0 Å². The fraction of sp³-hybridized carbons (Fsp3) is 0.200. The number of benzene rings is 4. The van der Waals surface area contributed by atoms with Crippen molar-refractivity contribution in [1.29, 1.82) is 0 Å². The van der Waals surface area contributed by atoms with Crippen LogP contribution in [0.3, 0.4) is 0 Å². The molecule has 5 rings (SSSR count). The molecule has 0 aromatic heterocycles. The molecule has 0 radical (unpaired) electrons. The van der Waals surface area contributed by atoms with E-state index in [9.17, 15) is 0 Å². The summed E-state index contributed by atoms with van der Waals surface area (Å²) in [6.45, 7) is 2.44. The van der Waals surface area contributed by atoms with Crippen LogP contribution in [-0.2, 0) is 0 Å². The van der Waals surface area contributed by atoms with E-state index in [1.54, 1.807) is 0 Å². The fourth-order valence-electron chi connectivity index (χ4n) is 6.15. The molecule has 0 bridgehead atoms. The van der Waals surface area contributed by atoms with E-state index >= 15 is 0 Å². The van der Waals surface area contributed by atoms with Crippen LogP contribution in [-0.4, -0.2) is 14.1 Å². The fourth-order valence-corrected chi connectivity index (χ4v) is 11.0. The van der Waals surface area contributed by atoms with Gasteiger partial charge in [-0.2, -0.15) is 0 Å². The van der Waals surface area contributed by atoms with Crippen molar-refractivity contribution < 1.29 is 0 Å². The largest absolute Gasteiger partial charge is 0.282 e. The number of hydrogen-bond donors (Lipinski definition) is 0. The van der Waals surface area contributed by atoms with Gasteiger partial charge in [-0.15, -0.1) is 0 Å². The standard InChI is InChI=1S/C28H24.C2H5.Al/c1-5-13-23(14-6-1)21-27(25-17-9-3-10-18-25)28(26-19-11-4-12-20-26)22-24-15-7-2-8-16-24;1-2;/h1-22,27-28H;1H2,2H3;. The zero-order valence-electron chi connectivity index (χ0n) is 18.1. The van der Waals surface area contributed by atoms with E-state index < -0.39 is 14.1 Å². The van der Waals surface area contributed by atoms with Gasteiger partial charge in [0.05, 0.1) is 0 Å². The first kappa shape index (κ1) is 20.3. The summed E-state index contributed by atoms with van der Waals surface area (Å²) in [7, 11) is 0. The Morgan fingerprint density at radius 2 is 0.742 bits per heavy atom. The summed E-state index contributed by atoms with van der Waals surface area (Å²) in [6, 6.07) is 45.4. The molecule has 0 saturated carbocycles. The molecule has 0 amide bonds. The van der Waals surface area contributed by atoms with Gasteiger partial charge < -0.3 is 0 Å². The van der Waals surface area contributed by atoms with Crippen LogP contribution in [0.2, 0.25) is 5.28 Å². The highest BCUT2D eigenvalue weighted by molar-refractivity contribution is 6.63. The van der Waals surface area contributed by atoms with Gasteiger partial charge in [0, 0.05) is 0 Å². The third-order valence-corrected chi connectivity index (χ3v) is 11.7. The van der Waals surface area contributed by atoms with Crippen molar-refractivity contribution in [2.75, 3.05) is 0 Å². The minimum atomic E-state index is -1.20.